The van der Waals surface area contributed by atoms with Gasteiger partial charge in [0.05, 0.1) is 28.2 Å². The van der Waals surface area contributed by atoms with Crippen LogP contribution < -0.4 is 5.73 Å². The minimum Gasteiger partial charge on any atom is -0.462 e. The molecule has 2 heterocycles. The lowest BCUT2D eigenvalue weighted by molar-refractivity contribution is -0.139. The van der Waals surface area contributed by atoms with Crippen LogP contribution >= 0.6 is 0 Å². The van der Waals surface area contributed by atoms with Crippen LogP contribution in [-0.2, 0) is 25.1 Å². The van der Waals surface area contributed by atoms with Crippen molar-refractivity contribution < 1.29 is 18.5 Å². The van der Waals surface area contributed by atoms with Crippen molar-refractivity contribution in [1.82, 2.24) is 4.98 Å². The van der Waals surface area contributed by atoms with Crippen LogP contribution in [0, 0.1) is 0 Å². The highest BCUT2D eigenvalue weighted by molar-refractivity contribution is 7.88. The van der Waals surface area contributed by atoms with Crippen LogP contribution in [0.25, 0.3) is 5.76 Å². The summed E-state index contributed by atoms with van der Waals surface area (Å²) in [6, 6.07) is 14.6. The Hall–Kier alpha value is -2.93. The molecule has 2 atom stereocenters. The zero-order valence-corrected chi connectivity index (χ0v) is 15.9. The lowest BCUT2D eigenvalue weighted by Gasteiger charge is -2.29. The summed E-state index contributed by atoms with van der Waals surface area (Å²) in [5, 5.41) is 0. The van der Waals surface area contributed by atoms with Crippen molar-refractivity contribution in [2.45, 2.75) is 12.8 Å². The van der Waals surface area contributed by atoms with Crippen LogP contribution in [0.4, 0.5) is 0 Å². The first-order valence-corrected chi connectivity index (χ1v) is 9.99. The largest absolute Gasteiger partial charge is 0.462 e. The van der Waals surface area contributed by atoms with Gasteiger partial charge in [0, 0.05) is 12.5 Å². The van der Waals surface area contributed by atoms with Crippen molar-refractivity contribution in [2.75, 3.05) is 12.9 Å². The average Bonchev–Trinajstić information content (AvgIpc) is 2.68. The maximum atomic E-state index is 12.7. The molecular formula is C20H20N2O4S. The van der Waals surface area contributed by atoms with Gasteiger partial charge in [0.2, 0.25) is 5.88 Å². The van der Waals surface area contributed by atoms with Gasteiger partial charge in [-0.3, -0.25) is 9.19 Å². The molecule has 0 spiro atoms. The molecule has 0 saturated heterocycles. The smallest absolute Gasteiger partial charge is 0.340 e. The summed E-state index contributed by atoms with van der Waals surface area (Å²) in [5.41, 5.74) is 7.53. The molecule has 0 aliphatic carbocycles. The van der Waals surface area contributed by atoms with Crippen molar-refractivity contribution in [3.05, 3.63) is 82.3 Å². The van der Waals surface area contributed by atoms with Crippen molar-refractivity contribution in [2.24, 2.45) is 5.73 Å². The Morgan fingerprint density at radius 1 is 1.22 bits per heavy atom. The number of allylic oxidation sites excluding steroid dienone is 1. The summed E-state index contributed by atoms with van der Waals surface area (Å²) < 4.78 is 23.7. The number of pyridine rings is 1. The summed E-state index contributed by atoms with van der Waals surface area (Å²) in [5.74, 6) is -1.01. The van der Waals surface area contributed by atoms with Gasteiger partial charge in [0.15, 0.2) is 5.76 Å². The molecule has 0 saturated carbocycles. The highest BCUT2D eigenvalue weighted by Gasteiger charge is 2.39. The first kappa shape index (κ1) is 18.8. The number of ether oxygens (including phenoxy) is 2. The molecule has 2 N–H and O–H groups in total. The molecule has 1 aliphatic heterocycles. The Morgan fingerprint density at radius 3 is 2.52 bits per heavy atom. The van der Waals surface area contributed by atoms with Crippen molar-refractivity contribution in [3.8, 4) is 0 Å². The minimum absolute atomic E-state index is 0.0721. The molecule has 0 radical (unpaired) electrons. The highest BCUT2D eigenvalue weighted by atomic mass is 32.2. The molecule has 140 valence electrons. The maximum absolute atomic E-state index is 12.7. The number of nitrogens with two attached hydrogens (primary N) is 1. The number of rotatable bonds is 5. The van der Waals surface area contributed by atoms with E-state index in [-0.39, 0.29) is 18.1 Å². The van der Waals surface area contributed by atoms with E-state index in [1.165, 1.54) is 0 Å². The lowest BCUT2D eigenvalue weighted by atomic mass is 9.88. The monoisotopic (exact) mass is 384 g/mol. The number of hydrogen-bond donors (Lipinski definition) is 1. The number of aromatic nitrogens is 1. The van der Waals surface area contributed by atoms with Crippen LogP contribution in [0.2, 0.25) is 0 Å². The number of carbonyl (C=O) groups is 1. The van der Waals surface area contributed by atoms with E-state index in [0.29, 0.717) is 16.4 Å². The molecule has 7 heteroatoms. The Labute approximate surface area is 160 Å². The lowest BCUT2D eigenvalue weighted by Crippen LogP contribution is -2.28. The molecule has 2 aromatic rings. The third kappa shape index (κ3) is 3.78. The molecule has 1 aromatic heterocycles. The van der Waals surface area contributed by atoms with Crippen LogP contribution in [0.5, 0.6) is 0 Å². The molecule has 0 amide bonds. The number of nitrogens with zero attached hydrogens (tertiary/aromatic N) is 1. The molecule has 2 unspecified atom stereocenters. The van der Waals surface area contributed by atoms with Gasteiger partial charge >= 0.3 is 5.97 Å². The zero-order chi connectivity index (χ0) is 19.4. The van der Waals surface area contributed by atoms with Crippen LogP contribution in [-0.4, -0.2) is 28.0 Å². The summed E-state index contributed by atoms with van der Waals surface area (Å²) in [6.45, 7) is 1.91. The van der Waals surface area contributed by atoms with Gasteiger partial charge in [-0.15, -0.1) is 0 Å². The van der Waals surface area contributed by atoms with E-state index in [1.54, 1.807) is 37.6 Å². The van der Waals surface area contributed by atoms with E-state index in [9.17, 15) is 9.00 Å². The Balaban J connectivity index is 2.26. The first-order chi connectivity index (χ1) is 13.0. The fourth-order valence-electron chi connectivity index (χ4n) is 2.98. The minimum atomic E-state index is -1.45. The number of hydrogen-bond acceptors (Lipinski definition) is 6. The number of esters is 1. The fraction of sp³-hybridized carbons (Fsp3) is 0.200. The standard InChI is InChI=1S/C20H20N2O4S/c1-3-25-20(23)16-15(13-9-5-4-6-10-13)18(27(2)24)17(26-19(16)21)14-11-7-8-12-22-14/h4-12,15H,3,21H2,1-2H3. The van der Waals surface area contributed by atoms with E-state index in [4.69, 9.17) is 15.2 Å². The molecular weight excluding hydrogens is 364 g/mol. The third-order valence-corrected chi connectivity index (χ3v) is 5.13. The van der Waals surface area contributed by atoms with E-state index in [0.717, 1.165) is 5.56 Å². The summed E-state index contributed by atoms with van der Waals surface area (Å²) >= 11 is 0. The van der Waals surface area contributed by atoms with Crippen LogP contribution in [0.3, 0.4) is 0 Å². The van der Waals surface area contributed by atoms with Gasteiger partial charge in [-0.25, -0.2) is 4.79 Å². The van der Waals surface area contributed by atoms with Gasteiger partial charge in [-0.2, -0.15) is 0 Å². The molecule has 6 nitrogen and oxygen atoms in total. The Morgan fingerprint density at radius 2 is 1.93 bits per heavy atom. The second-order valence-corrected chi connectivity index (χ2v) is 7.15. The van der Waals surface area contributed by atoms with E-state index >= 15 is 0 Å². The number of carbonyl (C=O) groups excluding carboxylic acids is 1. The Bertz CT molecular complexity index is 924. The van der Waals surface area contributed by atoms with Gasteiger partial charge in [-0.1, -0.05) is 36.4 Å². The molecule has 27 heavy (non-hydrogen) atoms. The third-order valence-electron chi connectivity index (χ3n) is 4.09. The number of benzene rings is 1. The second-order valence-electron chi connectivity index (χ2n) is 5.81. The first-order valence-electron chi connectivity index (χ1n) is 8.43. The van der Waals surface area contributed by atoms with Gasteiger partial charge in [0.25, 0.3) is 0 Å². The van der Waals surface area contributed by atoms with Crippen LogP contribution in [0.15, 0.2) is 71.1 Å². The van der Waals surface area contributed by atoms with Gasteiger partial charge < -0.3 is 15.2 Å². The highest BCUT2D eigenvalue weighted by Crippen LogP contribution is 2.43. The van der Waals surface area contributed by atoms with E-state index in [2.05, 4.69) is 4.98 Å². The van der Waals surface area contributed by atoms with Crippen molar-refractivity contribution in [3.63, 3.8) is 0 Å². The van der Waals surface area contributed by atoms with E-state index < -0.39 is 22.7 Å². The molecule has 0 fully saturated rings. The van der Waals surface area contributed by atoms with Crippen LogP contribution in [0.1, 0.15) is 24.1 Å². The fourth-order valence-corrected chi connectivity index (χ4v) is 3.98. The molecule has 3 rings (SSSR count). The zero-order valence-electron chi connectivity index (χ0n) is 15.0. The summed E-state index contributed by atoms with van der Waals surface area (Å²) in [7, 11) is -1.45. The van der Waals surface area contributed by atoms with Crippen molar-refractivity contribution >= 4 is 22.5 Å². The Kier molecular flexibility index (Phi) is 5.71. The average molecular weight is 384 g/mol. The summed E-state index contributed by atoms with van der Waals surface area (Å²) in [4.78, 5) is 17.3. The van der Waals surface area contributed by atoms with Crippen molar-refractivity contribution in [1.29, 1.82) is 0 Å². The second kappa shape index (κ2) is 8.18. The predicted molar refractivity (Wildman–Crippen MR) is 103 cm³/mol. The molecule has 1 aromatic carbocycles. The maximum Gasteiger partial charge on any atom is 0.340 e. The normalized spacial score (nSPS) is 18.1. The topological polar surface area (TPSA) is 91.5 Å². The van der Waals surface area contributed by atoms with E-state index in [1.807, 2.05) is 30.3 Å². The van der Waals surface area contributed by atoms with Gasteiger partial charge in [-0.05, 0) is 24.6 Å². The van der Waals surface area contributed by atoms with Gasteiger partial charge in [0.1, 0.15) is 11.3 Å². The predicted octanol–water partition coefficient (Wildman–Crippen LogP) is 2.68. The summed E-state index contributed by atoms with van der Waals surface area (Å²) in [6.07, 6.45) is 3.15. The molecule has 1 aliphatic rings. The molecule has 0 bridgehead atoms. The SMILES string of the molecule is CCOC(=O)C1=C(N)OC(c2ccccn2)=C(S(C)=O)C1c1ccccc1. The quantitative estimate of drug-likeness (QED) is 0.797.